The number of thiazole rings is 1. The summed E-state index contributed by atoms with van der Waals surface area (Å²) in [5, 5.41) is 19.0. The summed E-state index contributed by atoms with van der Waals surface area (Å²) in [6.07, 6.45) is 5.63. The molecule has 1 aliphatic carbocycles. The third-order valence-electron chi connectivity index (χ3n) is 5.81. The molecule has 3 aromatic heterocycles. The molecule has 164 valence electrons. The van der Waals surface area contributed by atoms with Gasteiger partial charge in [-0.25, -0.2) is 4.98 Å². The lowest BCUT2D eigenvalue weighted by Gasteiger charge is -2.16. The van der Waals surface area contributed by atoms with Crippen LogP contribution in [0.4, 0.5) is 5.13 Å². The Labute approximate surface area is 194 Å². The predicted octanol–water partition coefficient (Wildman–Crippen LogP) is 4.95. The van der Waals surface area contributed by atoms with Crippen LogP contribution in [0, 0.1) is 0 Å². The highest BCUT2D eigenvalue weighted by Crippen LogP contribution is 2.37. The maximum absolute atomic E-state index is 10.5. The number of anilines is 1. The zero-order valence-corrected chi connectivity index (χ0v) is 18.7. The highest BCUT2D eigenvalue weighted by molar-refractivity contribution is 7.22. The maximum atomic E-state index is 10.5. The molecule has 0 aliphatic heterocycles. The Bertz CT molecular complexity index is 1460. The van der Waals surface area contributed by atoms with Gasteiger partial charge in [0, 0.05) is 43.6 Å². The lowest BCUT2D eigenvalue weighted by molar-refractivity contribution is 0.166. The first-order chi connectivity index (χ1) is 16.1. The molecule has 0 saturated carbocycles. The first kappa shape index (κ1) is 19.9. The Morgan fingerprint density at radius 3 is 2.88 bits per heavy atom. The van der Waals surface area contributed by atoms with Crippen LogP contribution < -0.4 is 10.1 Å². The molecule has 0 saturated heterocycles. The van der Waals surface area contributed by atoms with Gasteiger partial charge < -0.3 is 15.2 Å². The minimum atomic E-state index is -0.464. The van der Waals surface area contributed by atoms with Crippen LogP contribution in [-0.4, -0.2) is 31.0 Å². The number of aliphatic hydroxyl groups excluding tert-OH is 1. The SMILES string of the molecule is Cn1cc(-c2cc(Oc3ccc4nc(N[C@@H]5c6ccccc6C[C@@H]5O)sc4c3)ccn2)cn1. The summed E-state index contributed by atoms with van der Waals surface area (Å²) < 4.78 is 8.87. The van der Waals surface area contributed by atoms with Gasteiger partial charge in [-0.3, -0.25) is 9.67 Å². The van der Waals surface area contributed by atoms with Crippen molar-refractivity contribution >= 4 is 26.7 Å². The largest absolute Gasteiger partial charge is 0.457 e. The lowest BCUT2D eigenvalue weighted by Crippen LogP contribution is -2.20. The summed E-state index contributed by atoms with van der Waals surface area (Å²) in [4.78, 5) is 9.13. The average Bonchev–Trinajstić information content (AvgIpc) is 3.51. The second-order valence-corrected chi connectivity index (χ2v) is 9.15. The molecule has 0 unspecified atom stereocenters. The third kappa shape index (κ3) is 3.83. The minimum Gasteiger partial charge on any atom is -0.457 e. The van der Waals surface area contributed by atoms with Gasteiger partial charge in [0.2, 0.25) is 0 Å². The molecule has 2 atom stereocenters. The Morgan fingerprint density at radius 1 is 1.12 bits per heavy atom. The van der Waals surface area contributed by atoms with Gasteiger partial charge in [0.05, 0.1) is 34.3 Å². The number of benzene rings is 2. The van der Waals surface area contributed by atoms with Crippen molar-refractivity contribution in [3.05, 3.63) is 84.3 Å². The number of nitrogens with one attached hydrogen (secondary N) is 1. The highest BCUT2D eigenvalue weighted by atomic mass is 32.1. The van der Waals surface area contributed by atoms with Gasteiger partial charge in [-0.1, -0.05) is 35.6 Å². The maximum Gasteiger partial charge on any atom is 0.184 e. The van der Waals surface area contributed by atoms with E-state index in [4.69, 9.17) is 9.72 Å². The number of hydrogen-bond donors (Lipinski definition) is 2. The molecule has 0 fully saturated rings. The molecule has 2 aromatic carbocycles. The molecule has 3 heterocycles. The Balaban J connectivity index is 1.23. The van der Waals surface area contributed by atoms with Crippen LogP contribution >= 0.6 is 11.3 Å². The molecule has 5 aromatic rings. The smallest absolute Gasteiger partial charge is 0.184 e. The van der Waals surface area contributed by atoms with E-state index in [-0.39, 0.29) is 6.04 Å². The van der Waals surface area contributed by atoms with E-state index < -0.39 is 6.10 Å². The van der Waals surface area contributed by atoms with Crippen molar-refractivity contribution in [2.24, 2.45) is 7.05 Å². The monoisotopic (exact) mass is 455 g/mol. The average molecular weight is 456 g/mol. The first-order valence-electron chi connectivity index (χ1n) is 10.7. The normalized spacial score (nSPS) is 17.3. The van der Waals surface area contributed by atoms with Crippen LogP contribution in [0.1, 0.15) is 17.2 Å². The van der Waals surface area contributed by atoms with E-state index in [9.17, 15) is 5.11 Å². The molecule has 0 bridgehead atoms. The van der Waals surface area contributed by atoms with Crippen LogP contribution in [-0.2, 0) is 13.5 Å². The van der Waals surface area contributed by atoms with Crippen LogP contribution in [0.3, 0.4) is 0 Å². The van der Waals surface area contributed by atoms with E-state index in [0.29, 0.717) is 12.2 Å². The Hall–Kier alpha value is -3.75. The quantitative estimate of drug-likeness (QED) is 0.390. The van der Waals surface area contributed by atoms with Gasteiger partial charge in [-0.05, 0) is 29.3 Å². The second-order valence-electron chi connectivity index (χ2n) is 8.12. The van der Waals surface area contributed by atoms with E-state index in [1.165, 1.54) is 5.56 Å². The first-order valence-corrected chi connectivity index (χ1v) is 11.5. The molecule has 6 rings (SSSR count). The lowest BCUT2D eigenvalue weighted by atomic mass is 10.1. The summed E-state index contributed by atoms with van der Waals surface area (Å²) >= 11 is 1.55. The van der Waals surface area contributed by atoms with Crippen molar-refractivity contribution in [2.75, 3.05) is 5.32 Å². The van der Waals surface area contributed by atoms with Crippen molar-refractivity contribution in [1.29, 1.82) is 0 Å². The predicted molar refractivity (Wildman–Crippen MR) is 129 cm³/mol. The number of rotatable bonds is 5. The molecular formula is C25H21N5O2S. The summed E-state index contributed by atoms with van der Waals surface area (Å²) in [5.74, 6) is 1.43. The minimum absolute atomic E-state index is 0.153. The van der Waals surface area contributed by atoms with E-state index in [1.54, 1.807) is 28.4 Å². The van der Waals surface area contributed by atoms with Crippen LogP contribution in [0.25, 0.3) is 21.5 Å². The van der Waals surface area contributed by atoms with Crippen LogP contribution in [0.5, 0.6) is 11.5 Å². The summed E-state index contributed by atoms with van der Waals surface area (Å²) in [7, 11) is 1.88. The number of aliphatic hydroxyl groups is 1. The van der Waals surface area contributed by atoms with Crippen LogP contribution in [0.15, 0.2) is 73.2 Å². The van der Waals surface area contributed by atoms with Crippen molar-refractivity contribution < 1.29 is 9.84 Å². The number of hydrogen-bond acceptors (Lipinski definition) is 7. The molecule has 0 radical (unpaired) electrons. The molecule has 2 N–H and O–H groups in total. The Kier molecular flexibility index (Phi) is 4.82. The summed E-state index contributed by atoms with van der Waals surface area (Å²) in [5.41, 5.74) is 4.95. The van der Waals surface area contributed by atoms with E-state index in [1.807, 2.05) is 55.7 Å². The van der Waals surface area contributed by atoms with Gasteiger partial charge >= 0.3 is 0 Å². The fraction of sp³-hybridized carbons (Fsp3) is 0.160. The standard InChI is InChI=1S/C25H21N5O2S/c1-30-14-16(13-27-30)21-11-18(8-9-26-21)32-17-6-7-20-23(12-17)33-25(28-20)29-24-19-5-3-2-4-15(19)10-22(24)31/h2-9,11-14,22,24,31H,10H2,1H3,(H,28,29)/t22-,24+/m0/s1. The van der Waals surface area contributed by atoms with Crippen molar-refractivity contribution in [2.45, 2.75) is 18.6 Å². The fourth-order valence-electron chi connectivity index (χ4n) is 4.23. The van der Waals surface area contributed by atoms with E-state index in [2.05, 4.69) is 27.5 Å². The van der Waals surface area contributed by atoms with Crippen molar-refractivity contribution in [3.63, 3.8) is 0 Å². The van der Waals surface area contributed by atoms with E-state index >= 15 is 0 Å². The fourth-order valence-corrected chi connectivity index (χ4v) is 5.16. The van der Waals surface area contributed by atoms with Gasteiger partial charge in [-0.2, -0.15) is 5.10 Å². The van der Waals surface area contributed by atoms with Crippen molar-refractivity contribution in [1.82, 2.24) is 19.7 Å². The van der Waals surface area contributed by atoms with Crippen LogP contribution in [0.2, 0.25) is 0 Å². The van der Waals surface area contributed by atoms with Gasteiger partial charge in [0.25, 0.3) is 0 Å². The molecule has 8 heteroatoms. The van der Waals surface area contributed by atoms with Gasteiger partial charge in [0.15, 0.2) is 5.13 Å². The molecule has 7 nitrogen and oxygen atoms in total. The van der Waals surface area contributed by atoms with Gasteiger partial charge in [-0.15, -0.1) is 0 Å². The molecular weight excluding hydrogens is 434 g/mol. The zero-order chi connectivity index (χ0) is 22.4. The second kappa shape index (κ2) is 7.99. The van der Waals surface area contributed by atoms with Crippen molar-refractivity contribution in [3.8, 4) is 22.8 Å². The summed E-state index contributed by atoms with van der Waals surface area (Å²) in [6.45, 7) is 0. The number of aryl methyl sites for hydroxylation is 1. The third-order valence-corrected chi connectivity index (χ3v) is 6.76. The molecule has 0 spiro atoms. The zero-order valence-electron chi connectivity index (χ0n) is 17.8. The Morgan fingerprint density at radius 2 is 2.00 bits per heavy atom. The summed E-state index contributed by atoms with van der Waals surface area (Å²) in [6, 6.07) is 17.6. The number of pyridine rings is 1. The van der Waals surface area contributed by atoms with Gasteiger partial charge in [0.1, 0.15) is 11.5 Å². The number of nitrogens with zero attached hydrogens (tertiary/aromatic N) is 4. The molecule has 1 aliphatic rings. The molecule has 0 amide bonds. The topological polar surface area (TPSA) is 85.1 Å². The number of fused-ring (bicyclic) bond motifs is 2. The number of ether oxygens (including phenoxy) is 1. The molecule has 33 heavy (non-hydrogen) atoms. The van der Waals surface area contributed by atoms with E-state index in [0.717, 1.165) is 37.9 Å². The highest BCUT2D eigenvalue weighted by Gasteiger charge is 2.31. The number of aromatic nitrogens is 4.